The van der Waals surface area contributed by atoms with Crippen LogP contribution in [0.1, 0.15) is 34.6 Å². The molecule has 0 saturated heterocycles. The molecule has 0 bridgehead atoms. The number of pyridine rings is 1. The summed E-state index contributed by atoms with van der Waals surface area (Å²) in [5.74, 6) is 0.479. The quantitative estimate of drug-likeness (QED) is 0.520. The molecule has 1 atom stereocenters. The maximum atomic E-state index is 13.2. The molecular formula is C19H16BrN7O. The first-order valence-corrected chi connectivity index (χ1v) is 9.72. The monoisotopic (exact) mass is 437 g/mol. The van der Waals surface area contributed by atoms with Crippen LogP contribution in [0.4, 0.5) is 0 Å². The molecule has 8 nitrogen and oxygen atoms in total. The minimum Gasteiger partial charge on any atom is -0.330 e. The lowest BCUT2D eigenvalue weighted by Crippen LogP contribution is -2.39. The van der Waals surface area contributed by atoms with Crippen molar-refractivity contribution in [3.05, 3.63) is 63.9 Å². The predicted octanol–water partition coefficient (Wildman–Crippen LogP) is 3.04. The van der Waals surface area contributed by atoms with Crippen molar-refractivity contribution in [3.8, 4) is 11.4 Å². The molecule has 140 valence electrons. The van der Waals surface area contributed by atoms with Crippen LogP contribution in [-0.4, -0.2) is 47.6 Å². The fraction of sp³-hybridized carbons (Fsp3) is 0.211. The van der Waals surface area contributed by atoms with Gasteiger partial charge in [-0.2, -0.15) is 10.3 Å². The Morgan fingerprint density at radius 1 is 1.25 bits per heavy atom. The van der Waals surface area contributed by atoms with Crippen molar-refractivity contribution in [2.24, 2.45) is 0 Å². The number of aromatic nitrogens is 6. The van der Waals surface area contributed by atoms with Gasteiger partial charge in [-0.15, -0.1) is 10.2 Å². The molecule has 28 heavy (non-hydrogen) atoms. The average molecular weight is 438 g/mol. The summed E-state index contributed by atoms with van der Waals surface area (Å²) in [6.07, 6.45) is 2.65. The van der Waals surface area contributed by atoms with E-state index in [4.69, 9.17) is 0 Å². The number of carbonyl (C=O) groups excluding carboxylic acids is 1. The highest BCUT2D eigenvalue weighted by atomic mass is 79.9. The summed E-state index contributed by atoms with van der Waals surface area (Å²) in [4.78, 5) is 15.1. The van der Waals surface area contributed by atoms with E-state index in [-0.39, 0.29) is 11.9 Å². The number of tetrazole rings is 1. The Morgan fingerprint density at radius 3 is 2.96 bits per heavy atom. The number of rotatable bonds is 2. The van der Waals surface area contributed by atoms with Crippen LogP contribution in [0.2, 0.25) is 0 Å². The minimum absolute atomic E-state index is 0.0667. The second-order valence-corrected chi connectivity index (χ2v) is 7.74. The van der Waals surface area contributed by atoms with Gasteiger partial charge in [-0.3, -0.25) is 4.79 Å². The molecule has 3 aromatic heterocycles. The normalized spacial score (nSPS) is 16.4. The van der Waals surface area contributed by atoms with E-state index >= 15 is 0 Å². The van der Waals surface area contributed by atoms with E-state index in [9.17, 15) is 4.79 Å². The Labute approximate surface area is 168 Å². The maximum Gasteiger partial charge on any atom is 0.274 e. The summed E-state index contributed by atoms with van der Waals surface area (Å²) in [6, 6.07) is 11.7. The molecule has 9 heteroatoms. The van der Waals surface area contributed by atoms with E-state index in [1.807, 2.05) is 48.4 Å². The van der Waals surface area contributed by atoms with Gasteiger partial charge in [-0.05, 0) is 69.9 Å². The van der Waals surface area contributed by atoms with Crippen molar-refractivity contribution >= 4 is 27.4 Å². The van der Waals surface area contributed by atoms with Crippen molar-refractivity contribution in [2.45, 2.75) is 19.4 Å². The number of amides is 1. The molecule has 0 fully saturated rings. The van der Waals surface area contributed by atoms with Gasteiger partial charge in [-0.25, -0.2) is 4.52 Å². The van der Waals surface area contributed by atoms with Gasteiger partial charge in [0.25, 0.3) is 5.91 Å². The van der Waals surface area contributed by atoms with E-state index in [0.717, 1.165) is 27.5 Å². The minimum atomic E-state index is -0.0698. The van der Waals surface area contributed by atoms with Crippen LogP contribution in [0.5, 0.6) is 0 Å². The van der Waals surface area contributed by atoms with Gasteiger partial charge in [0.2, 0.25) is 5.82 Å². The van der Waals surface area contributed by atoms with Gasteiger partial charge in [0.15, 0.2) is 5.69 Å². The third-order valence-electron chi connectivity index (χ3n) is 5.19. The number of H-pyrrole nitrogens is 1. The molecule has 1 N–H and O–H groups in total. The fourth-order valence-electron chi connectivity index (χ4n) is 3.73. The molecule has 4 aromatic rings. The topological polar surface area (TPSA) is 92.1 Å². The highest BCUT2D eigenvalue weighted by molar-refractivity contribution is 9.10. The fourth-order valence-corrected chi connectivity index (χ4v) is 4.05. The second-order valence-electron chi connectivity index (χ2n) is 6.82. The number of carbonyl (C=O) groups is 1. The zero-order chi connectivity index (χ0) is 19.3. The van der Waals surface area contributed by atoms with Crippen LogP contribution in [0.25, 0.3) is 16.9 Å². The Balaban J connectivity index is 1.48. The molecule has 0 radical (unpaired) electrons. The van der Waals surface area contributed by atoms with E-state index in [0.29, 0.717) is 18.1 Å². The average Bonchev–Trinajstić information content (AvgIpc) is 3.37. The first kappa shape index (κ1) is 17.1. The smallest absolute Gasteiger partial charge is 0.274 e. The molecule has 1 amide bonds. The van der Waals surface area contributed by atoms with Crippen molar-refractivity contribution < 1.29 is 4.79 Å². The number of hydrogen-bond donors (Lipinski definition) is 1. The number of hydrogen-bond acceptors (Lipinski definition) is 5. The summed E-state index contributed by atoms with van der Waals surface area (Å²) < 4.78 is 2.63. The Hall–Kier alpha value is -3.07. The lowest BCUT2D eigenvalue weighted by atomic mass is 9.91. The number of halogens is 1. The van der Waals surface area contributed by atoms with Gasteiger partial charge in [0.05, 0.1) is 11.6 Å². The van der Waals surface area contributed by atoms with E-state index in [1.165, 1.54) is 5.56 Å². The van der Waals surface area contributed by atoms with Crippen molar-refractivity contribution in [3.63, 3.8) is 0 Å². The SMILES string of the molecule is CC1c2cc(-c3nn[nH]n3)ccc2CCN1C(=O)c1cc2ccc(Br)cn2n1. The van der Waals surface area contributed by atoms with Gasteiger partial charge in [0, 0.05) is 22.8 Å². The number of benzene rings is 1. The highest BCUT2D eigenvalue weighted by Crippen LogP contribution is 2.33. The second kappa shape index (κ2) is 6.52. The molecule has 1 aliphatic rings. The van der Waals surface area contributed by atoms with Crippen LogP contribution in [0, 0.1) is 0 Å². The highest BCUT2D eigenvalue weighted by Gasteiger charge is 2.30. The van der Waals surface area contributed by atoms with E-state index < -0.39 is 0 Å². The third-order valence-corrected chi connectivity index (χ3v) is 5.66. The molecule has 1 aromatic carbocycles. The van der Waals surface area contributed by atoms with Crippen LogP contribution in [0.3, 0.4) is 0 Å². The lowest BCUT2D eigenvalue weighted by Gasteiger charge is -2.35. The van der Waals surface area contributed by atoms with Gasteiger partial charge in [-0.1, -0.05) is 12.1 Å². The molecule has 4 heterocycles. The lowest BCUT2D eigenvalue weighted by molar-refractivity contribution is 0.0671. The molecule has 1 aliphatic heterocycles. The zero-order valence-corrected chi connectivity index (χ0v) is 16.6. The van der Waals surface area contributed by atoms with Gasteiger partial charge in [0.1, 0.15) is 0 Å². The summed E-state index contributed by atoms with van der Waals surface area (Å²) in [5, 5.41) is 18.7. The molecule has 0 spiro atoms. The summed E-state index contributed by atoms with van der Waals surface area (Å²) in [5.41, 5.74) is 4.56. The van der Waals surface area contributed by atoms with Crippen molar-refractivity contribution in [2.75, 3.05) is 6.54 Å². The first-order chi connectivity index (χ1) is 13.6. The van der Waals surface area contributed by atoms with E-state index in [2.05, 4.69) is 47.7 Å². The summed E-state index contributed by atoms with van der Waals surface area (Å²) >= 11 is 3.43. The van der Waals surface area contributed by atoms with Crippen LogP contribution >= 0.6 is 15.9 Å². The largest absolute Gasteiger partial charge is 0.330 e. The summed E-state index contributed by atoms with van der Waals surface area (Å²) in [6.45, 7) is 2.70. The predicted molar refractivity (Wildman–Crippen MR) is 106 cm³/mol. The Morgan fingerprint density at radius 2 is 2.14 bits per heavy atom. The van der Waals surface area contributed by atoms with Crippen molar-refractivity contribution in [1.82, 2.24) is 35.1 Å². The summed E-state index contributed by atoms with van der Waals surface area (Å²) in [7, 11) is 0. The Kier molecular flexibility index (Phi) is 3.97. The number of aromatic amines is 1. The van der Waals surface area contributed by atoms with Crippen LogP contribution in [0.15, 0.2) is 47.1 Å². The number of nitrogens with one attached hydrogen (secondary N) is 1. The zero-order valence-electron chi connectivity index (χ0n) is 15.0. The third kappa shape index (κ3) is 2.78. The van der Waals surface area contributed by atoms with Crippen molar-refractivity contribution in [1.29, 1.82) is 0 Å². The molecule has 1 unspecified atom stereocenters. The standard InChI is InChI=1S/C19H16BrN7O/c1-11-16-8-13(18-21-24-25-22-18)3-2-12(16)6-7-26(11)19(28)17-9-15-5-4-14(20)10-27(15)23-17/h2-5,8-11H,6-7H2,1H3,(H,21,22,24,25). The van der Waals surface area contributed by atoms with Crippen LogP contribution < -0.4 is 0 Å². The maximum absolute atomic E-state index is 13.2. The molecular weight excluding hydrogens is 422 g/mol. The van der Waals surface area contributed by atoms with Crippen LogP contribution in [-0.2, 0) is 6.42 Å². The molecule has 0 saturated carbocycles. The molecule has 0 aliphatic carbocycles. The Bertz CT molecular complexity index is 1180. The number of nitrogens with zero attached hydrogens (tertiary/aromatic N) is 6. The van der Waals surface area contributed by atoms with Gasteiger partial charge >= 0.3 is 0 Å². The van der Waals surface area contributed by atoms with Gasteiger partial charge < -0.3 is 4.90 Å². The molecule has 5 rings (SSSR count). The first-order valence-electron chi connectivity index (χ1n) is 8.93. The van der Waals surface area contributed by atoms with E-state index in [1.54, 1.807) is 4.52 Å². The number of fused-ring (bicyclic) bond motifs is 2.